The van der Waals surface area contributed by atoms with Crippen LogP contribution in [0.1, 0.15) is 50.2 Å². The molecule has 2 fully saturated rings. The molecule has 0 spiro atoms. The van der Waals surface area contributed by atoms with E-state index in [1.54, 1.807) is 7.11 Å². The Morgan fingerprint density at radius 1 is 1.03 bits per heavy atom. The Hall–Kier alpha value is -3.54. The Kier molecular flexibility index (Phi) is 9.02. The predicted molar refractivity (Wildman–Crippen MR) is 159 cm³/mol. The normalized spacial score (nSPS) is 20.3. The lowest BCUT2D eigenvalue weighted by molar-refractivity contribution is 0.141. The average molecular weight is 531 g/mol. The zero-order valence-electron chi connectivity index (χ0n) is 23.3. The molecule has 0 saturated carbocycles. The third kappa shape index (κ3) is 6.55. The Morgan fingerprint density at radius 3 is 2.54 bits per heavy atom. The number of likely N-dealkylation sites (tertiary alicyclic amines) is 1. The number of ether oxygens (including phenoxy) is 2. The van der Waals surface area contributed by atoms with Gasteiger partial charge in [0.25, 0.3) is 0 Å². The number of anilines is 2. The van der Waals surface area contributed by atoms with Gasteiger partial charge in [0.2, 0.25) is 0 Å². The summed E-state index contributed by atoms with van der Waals surface area (Å²) in [4.78, 5) is 5.22. The van der Waals surface area contributed by atoms with Crippen LogP contribution in [0.3, 0.4) is 0 Å². The van der Waals surface area contributed by atoms with Crippen LogP contribution in [-0.4, -0.2) is 63.7 Å². The summed E-state index contributed by atoms with van der Waals surface area (Å²) in [5.41, 5.74) is 10.6. The van der Waals surface area contributed by atoms with Crippen molar-refractivity contribution >= 4 is 16.9 Å². The van der Waals surface area contributed by atoms with Crippen LogP contribution >= 0.6 is 0 Å². The first-order valence-electron chi connectivity index (χ1n) is 14.3. The van der Waals surface area contributed by atoms with Gasteiger partial charge < -0.3 is 35.6 Å². The lowest BCUT2D eigenvalue weighted by Crippen LogP contribution is -2.49. The molecule has 5 rings (SSSR count). The maximum atomic E-state index is 5.79. The number of nitrogens with zero attached hydrogens (tertiary/aromatic N) is 2. The molecule has 3 heterocycles. The molecule has 208 valence electrons. The third-order valence-electron chi connectivity index (χ3n) is 8.00. The van der Waals surface area contributed by atoms with Crippen LogP contribution in [0.15, 0.2) is 42.6 Å². The lowest BCUT2D eigenvalue weighted by Gasteiger charge is -2.41. The SMILES string of the molecule is CCOc1cc(C2=CNC(Nc3ccc(N4CCC(N5CCCCC5)CC4)cc3OC)NC2)ccc1C#CN. The molecule has 0 aromatic heterocycles. The largest absolute Gasteiger partial charge is 0.495 e. The standard InChI is InChI=1S/C31H42N6O2/c1-3-39-29-19-24(8-7-23(29)11-14-32)25-21-33-31(34-22-25)35-28-10-9-27(20-30(28)38-2)37-17-12-26(13-18-37)36-15-5-4-6-16-36/h7-10,19-21,26,31,33-35H,3-6,12-13,15-18,22,32H2,1-2H3. The van der Waals surface area contributed by atoms with Crippen LogP contribution in [0, 0.1) is 12.0 Å². The first-order valence-corrected chi connectivity index (χ1v) is 14.3. The summed E-state index contributed by atoms with van der Waals surface area (Å²) in [7, 11) is 1.74. The van der Waals surface area contributed by atoms with Gasteiger partial charge in [-0.25, -0.2) is 0 Å². The van der Waals surface area contributed by atoms with E-state index in [1.807, 2.05) is 31.3 Å². The highest BCUT2D eigenvalue weighted by molar-refractivity contribution is 5.71. The van der Waals surface area contributed by atoms with Gasteiger partial charge in [-0.1, -0.05) is 12.5 Å². The van der Waals surface area contributed by atoms with Gasteiger partial charge in [-0.2, -0.15) is 0 Å². The molecule has 0 bridgehead atoms. The number of benzene rings is 2. The van der Waals surface area contributed by atoms with Gasteiger partial charge in [0, 0.05) is 49.7 Å². The topological polar surface area (TPSA) is 87.0 Å². The highest BCUT2D eigenvalue weighted by Gasteiger charge is 2.26. The number of piperidine rings is 2. The van der Waals surface area contributed by atoms with Gasteiger partial charge >= 0.3 is 0 Å². The van der Waals surface area contributed by atoms with E-state index in [4.69, 9.17) is 15.2 Å². The summed E-state index contributed by atoms with van der Waals surface area (Å²) in [6.45, 7) is 7.99. The fraction of sp³-hybridized carbons (Fsp3) is 0.484. The van der Waals surface area contributed by atoms with E-state index in [2.05, 4.69) is 55.9 Å². The molecule has 8 nitrogen and oxygen atoms in total. The Balaban J connectivity index is 1.19. The van der Waals surface area contributed by atoms with Gasteiger partial charge in [-0.15, -0.1) is 0 Å². The molecule has 3 aliphatic rings. The monoisotopic (exact) mass is 530 g/mol. The number of hydrogen-bond donors (Lipinski definition) is 4. The van der Waals surface area contributed by atoms with E-state index in [-0.39, 0.29) is 6.29 Å². The van der Waals surface area contributed by atoms with E-state index in [1.165, 1.54) is 50.9 Å². The zero-order chi connectivity index (χ0) is 27.0. The second-order valence-corrected chi connectivity index (χ2v) is 10.4. The fourth-order valence-electron chi connectivity index (χ4n) is 5.89. The summed E-state index contributed by atoms with van der Waals surface area (Å²) in [6.07, 6.45) is 8.52. The molecule has 3 aliphatic heterocycles. The molecule has 5 N–H and O–H groups in total. The van der Waals surface area contributed by atoms with Crippen molar-refractivity contribution in [1.29, 1.82) is 0 Å². The molecule has 8 heteroatoms. The minimum atomic E-state index is -0.123. The molecule has 39 heavy (non-hydrogen) atoms. The molecule has 2 saturated heterocycles. The zero-order valence-corrected chi connectivity index (χ0v) is 23.3. The van der Waals surface area contributed by atoms with E-state index >= 15 is 0 Å². The minimum Gasteiger partial charge on any atom is -0.495 e. The Morgan fingerprint density at radius 2 is 1.85 bits per heavy atom. The van der Waals surface area contributed by atoms with E-state index in [0.717, 1.165) is 53.0 Å². The van der Waals surface area contributed by atoms with Crippen LogP contribution in [0.4, 0.5) is 11.4 Å². The van der Waals surface area contributed by atoms with Gasteiger partial charge in [-0.3, -0.25) is 5.32 Å². The summed E-state index contributed by atoms with van der Waals surface area (Å²) in [5, 5.41) is 10.5. The van der Waals surface area contributed by atoms with Gasteiger partial charge in [0.15, 0.2) is 6.29 Å². The van der Waals surface area contributed by atoms with Crippen molar-refractivity contribution in [2.45, 2.75) is 51.4 Å². The molecule has 2 aromatic rings. The van der Waals surface area contributed by atoms with Crippen molar-refractivity contribution in [2.75, 3.05) is 56.7 Å². The second kappa shape index (κ2) is 13.0. The maximum Gasteiger partial charge on any atom is 0.152 e. The average Bonchev–Trinajstić information content (AvgIpc) is 2.99. The highest BCUT2D eigenvalue weighted by atomic mass is 16.5. The fourth-order valence-corrected chi connectivity index (χ4v) is 5.89. The van der Waals surface area contributed by atoms with Crippen LogP contribution in [0.5, 0.6) is 11.5 Å². The van der Waals surface area contributed by atoms with Crippen molar-refractivity contribution in [3.63, 3.8) is 0 Å². The van der Waals surface area contributed by atoms with Crippen molar-refractivity contribution in [3.8, 4) is 23.5 Å². The van der Waals surface area contributed by atoms with Crippen molar-refractivity contribution in [3.05, 3.63) is 53.7 Å². The molecule has 2 aromatic carbocycles. The Labute approximate surface area is 232 Å². The summed E-state index contributed by atoms with van der Waals surface area (Å²) < 4.78 is 11.6. The molecule has 1 unspecified atom stereocenters. The molecule has 0 amide bonds. The van der Waals surface area contributed by atoms with Gasteiger partial charge in [0.05, 0.1) is 25.0 Å². The predicted octanol–water partition coefficient (Wildman–Crippen LogP) is 3.75. The molecule has 0 radical (unpaired) electrons. The smallest absolute Gasteiger partial charge is 0.152 e. The number of nitrogens with one attached hydrogen (secondary N) is 3. The number of methoxy groups -OCH3 is 1. The summed E-state index contributed by atoms with van der Waals surface area (Å²) in [5.74, 6) is 4.50. The quantitative estimate of drug-likeness (QED) is 0.303. The maximum absolute atomic E-state index is 5.79. The molecular weight excluding hydrogens is 488 g/mol. The van der Waals surface area contributed by atoms with E-state index < -0.39 is 0 Å². The summed E-state index contributed by atoms with van der Waals surface area (Å²) >= 11 is 0. The molecule has 0 aliphatic carbocycles. The molecule has 1 atom stereocenters. The van der Waals surface area contributed by atoms with E-state index in [9.17, 15) is 0 Å². The second-order valence-electron chi connectivity index (χ2n) is 10.4. The van der Waals surface area contributed by atoms with Crippen molar-refractivity contribution in [2.24, 2.45) is 5.73 Å². The van der Waals surface area contributed by atoms with Crippen molar-refractivity contribution < 1.29 is 9.47 Å². The Bertz CT molecular complexity index is 1210. The molecular formula is C31H42N6O2. The minimum absolute atomic E-state index is 0.123. The first kappa shape index (κ1) is 27.0. The lowest BCUT2D eigenvalue weighted by atomic mass is 9.99. The number of hydrogen-bond acceptors (Lipinski definition) is 8. The van der Waals surface area contributed by atoms with Crippen molar-refractivity contribution in [1.82, 2.24) is 15.5 Å². The van der Waals surface area contributed by atoms with E-state index in [0.29, 0.717) is 13.2 Å². The van der Waals surface area contributed by atoms with Crippen LogP contribution in [0.25, 0.3) is 5.57 Å². The number of rotatable bonds is 8. The number of nitrogens with two attached hydrogens (primary N) is 1. The van der Waals surface area contributed by atoms with Gasteiger partial charge in [0.1, 0.15) is 11.5 Å². The highest BCUT2D eigenvalue weighted by Crippen LogP contribution is 2.33. The van der Waals surface area contributed by atoms with Gasteiger partial charge in [-0.05, 0) is 87.0 Å². The van der Waals surface area contributed by atoms with Crippen LogP contribution in [-0.2, 0) is 0 Å². The summed E-state index contributed by atoms with van der Waals surface area (Å²) in [6, 6.07) is 15.7. The van der Waals surface area contributed by atoms with Crippen LogP contribution in [0.2, 0.25) is 0 Å². The van der Waals surface area contributed by atoms with Crippen LogP contribution < -0.4 is 36.1 Å². The first-order chi connectivity index (χ1) is 19.2. The third-order valence-corrected chi connectivity index (χ3v) is 8.00.